The van der Waals surface area contributed by atoms with E-state index >= 15 is 0 Å². The molecule has 2 unspecified atom stereocenters. The van der Waals surface area contributed by atoms with Crippen LogP contribution in [0, 0.1) is 0 Å². The molecule has 1 aliphatic rings. The molecule has 16 heavy (non-hydrogen) atoms. The Morgan fingerprint density at radius 1 is 1.50 bits per heavy atom. The molecule has 0 aliphatic carbocycles. The summed E-state index contributed by atoms with van der Waals surface area (Å²) in [7, 11) is -1.50. The first-order chi connectivity index (χ1) is 7.40. The van der Waals surface area contributed by atoms with Gasteiger partial charge in [0.15, 0.2) is 0 Å². The molecule has 1 fully saturated rings. The molecule has 0 radical (unpaired) electrons. The highest BCUT2D eigenvalue weighted by molar-refractivity contribution is 7.90. The van der Waals surface area contributed by atoms with Gasteiger partial charge in [-0.2, -0.15) is 0 Å². The van der Waals surface area contributed by atoms with Crippen LogP contribution in [0.3, 0.4) is 0 Å². The minimum atomic E-state index is -3.24. The molecule has 0 aromatic carbocycles. The van der Waals surface area contributed by atoms with Gasteiger partial charge in [-0.05, 0) is 33.7 Å². The number of hydrogen-bond acceptors (Lipinski definition) is 4. The Morgan fingerprint density at radius 3 is 2.69 bits per heavy atom. The van der Waals surface area contributed by atoms with E-state index in [1.165, 1.54) is 0 Å². The predicted octanol–water partition coefficient (Wildman–Crippen LogP) is 0.0828. The SMILES string of the molecule is CNCC(C)S(=O)(=O)NCC1(C)CCCO1. The van der Waals surface area contributed by atoms with Gasteiger partial charge < -0.3 is 10.1 Å². The summed E-state index contributed by atoms with van der Waals surface area (Å²) in [4.78, 5) is 0. The van der Waals surface area contributed by atoms with Gasteiger partial charge in [-0.1, -0.05) is 0 Å². The summed E-state index contributed by atoms with van der Waals surface area (Å²) >= 11 is 0. The van der Waals surface area contributed by atoms with Crippen LogP contribution in [0.2, 0.25) is 0 Å². The lowest BCUT2D eigenvalue weighted by molar-refractivity contribution is 0.0250. The molecule has 0 bridgehead atoms. The maximum atomic E-state index is 11.8. The Labute approximate surface area is 98.0 Å². The van der Waals surface area contributed by atoms with Crippen molar-refractivity contribution in [2.75, 3.05) is 26.7 Å². The van der Waals surface area contributed by atoms with Crippen molar-refractivity contribution in [1.82, 2.24) is 10.0 Å². The quantitative estimate of drug-likeness (QED) is 0.701. The Morgan fingerprint density at radius 2 is 2.19 bits per heavy atom. The highest BCUT2D eigenvalue weighted by atomic mass is 32.2. The van der Waals surface area contributed by atoms with E-state index in [2.05, 4.69) is 10.0 Å². The average Bonchev–Trinajstić information content (AvgIpc) is 2.64. The van der Waals surface area contributed by atoms with E-state index in [9.17, 15) is 8.42 Å². The minimum absolute atomic E-state index is 0.327. The molecule has 0 spiro atoms. The zero-order valence-corrected chi connectivity index (χ0v) is 11.1. The summed E-state index contributed by atoms with van der Waals surface area (Å²) in [6, 6.07) is 0. The third-order valence-electron chi connectivity index (χ3n) is 2.97. The van der Waals surface area contributed by atoms with Gasteiger partial charge in [-0.25, -0.2) is 13.1 Å². The molecular formula is C10H22N2O3S. The number of rotatable bonds is 6. The lowest BCUT2D eigenvalue weighted by Gasteiger charge is -2.24. The summed E-state index contributed by atoms with van der Waals surface area (Å²) in [6.45, 7) is 5.18. The molecule has 6 heteroatoms. The molecule has 1 heterocycles. The molecule has 0 aromatic heterocycles. The number of hydrogen-bond donors (Lipinski definition) is 2. The topological polar surface area (TPSA) is 67.4 Å². The van der Waals surface area contributed by atoms with Gasteiger partial charge in [0, 0.05) is 19.7 Å². The summed E-state index contributed by atoms with van der Waals surface area (Å²) in [5, 5.41) is 2.43. The van der Waals surface area contributed by atoms with E-state index < -0.39 is 15.3 Å². The summed E-state index contributed by atoms with van der Waals surface area (Å²) in [5.41, 5.74) is -0.327. The lowest BCUT2D eigenvalue weighted by Crippen LogP contribution is -2.45. The predicted molar refractivity (Wildman–Crippen MR) is 63.9 cm³/mol. The fourth-order valence-electron chi connectivity index (χ4n) is 1.77. The summed E-state index contributed by atoms with van der Waals surface area (Å²) < 4.78 is 31.8. The van der Waals surface area contributed by atoms with Crippen LogP contribution < -0.4 is 10.0 Å². The van der Waals surface area contributed by atoms with E-state index in [4.69, 9.17) is 4.74 Å². The average molecular weight is 250 g/mol. The van der Waals surface area contributed by atoms with Crippen LogP contribution in [0.1, 0.15) is 26.7 Å². The zero-order valence-electron chi connectivity index (χ0n) is 10.2. The van der Waals surface area contributed by atoms with Gasteiger partial charge in [0.25, 0.3) is 0 Å². The molecule has 2 atom stereocenters. The maximum Gasteiger partial charge on any atom is 0.215 e. The van der Waals surface area contributed by atoms with E-state index in [-0.39, 0.29) is 5.60 Å². The minimum Gasteiger partial charge on any atom is -0.374 e. The van der Waals surface area contributed by atoms with Crippen LogP contribution in [-0.2, 0) is 14.8 Å². The van der Waals surface area contributed by atoms with Gasteiger partial charge in [-0.3, -0.25) is 0 Å². The molecule has 0 aromatic rings. The number of nitrogens with one attached hydrogen (secondary N) is 2. The van der Waals surface area contributed by atoms with Crippen molar-refractivity contribution in [1.29, 1.82) is 0 Å². The third kappa shape index (κ3) is 3.69. The van der Waals surface area contributed by atoms with Crippen molar-refractivity contribution in [3.8, 4) is 0 Å². The van der Waals surface area contributed by atoms with Crippen LogP contribution >= 0.6 is 0 Å². The van der Waals surface area contributed by atoms with Crippen molar-refractivity contribution in [2.45, 2.75) is 37.5 Å². The van der Waals surface area contributed by atoms with Crippen molar-refractivity contribution in [3.63, 3.8) is 0 Å². The van der Waals surface area contributed by atoms with Gasteiger partial charge >= 0.3 is 0 Å². The Balaban J connectivity index is 2.47. The van der Waals surface area contributed by atoms with Crippen molar-refractivity contribution in [3.05, 3.63) is 0 Å². The molecule has 5 nitrogen and oxygen atoms in total. The second-order valence-corrected chi connectivity index (χ2v) is 6.82. The summed E-state index contributed by atoms with van der Waals surface area (Å²) in [5.74, 6) is 0. The lowest BCUT2D eigenvalue weighted by atomic mass is 10.0. The first-order valence-corrected chi connectivity index (χ1v) is 7.21. The third-order valence-corrected chi connectivity index (χ3v) is 4.74. The standard InChI is InChI=1S/C10H22N2O3S/c1-9(7-11-3)16(13,14)12-8-10(2)5-4-6-15-10/h9,11-12H,4-8H2,1-3H3. The molecule has 0 saturated carbocycles. The highest BCUT2D eigenvalue weighted by Gasteiger charge is 2.32. The van der Waals surface area contributed by atoms with Crippen molar-refractivity contribution >= 4 is 10.0 Å². The van der Waals surface area contributed by atoms with Crippen molar-refractivity contribution < 1.29 is 13.2 Å². The van der Waals surface area contributed by atoms with Gasteiger partial charge in [0.05, 0.1) is 10.9 Å². The van der Waals surface area contributed by atoms with E-state index in [1.54, 1.807) is 14.0 Å². The van der Waals surface area contributed by atoms with Crippen LogP contribution in [0.25, 0.3) is 0 Å². The van der Waals surface area contributed by atoms with E-state index in [1.807, 2.05) is 6.92 Å². The number of ether oxygens (including phenoxy) is 1. The largest absolute Gasteiger partial charge is 0.374 e. The zero-order chi connectivity index (χ0) is 12.2. The van der Waals surface area contributed by atoms with E-state index in [0.717, 1.165) is 19.4 Å². The van der Waals surface area contributed by atoms with Crippen LogP contribution in [-0.4, -0.2) is 46.0 Å². The normalized spacial score (nSPS) is 28.2. The van der Waals surface area contributed by atoms with Gasteiger partial charge in [0.2, 0.25) is 10.0 Å². The van der Waals surface area contributed by atoms with Crippen LogP contribution in [0.4, 0.5) is 0 Å². The fraction of sp³-hybridized carbons (Fsp3) is 1.00. The summed E-state index contributed by atoms with van der Waals surface area (Å²) in [6.07, 6.45) is 1.92. The van der Waals surface area contributed by atoms with E-state index in [0.29, 0.717) is 13.1 Å². The first-order valence-electron chi connectivity index (χ1n) is 5.67. The molecule has 2 N–H and O–H groups in total. The molecule has 1 rings (SSSR count). The van der Waals surface area contributed by atoms with Crippen LogP contribution in [0.5, 0.6) is 0 Å². The Bertz CT molecular complexity index is 310. The molecule has 1 saturated heterocycles. The van der Waals surface area contributed by atoms with Crippen molar-refractivity contribution in [2.24, 2.45) is 0 Å². The monoisotopic (exact) mass is 250 g/mol. The second kappa shape index (κ2) is 5.44. The molecule has 0 amide bonds. The Kier molecular flexibility index (Phi) is 4.73. The van der Waals surface area contributed by atoms with Gasteiger partial charge in [-0.15, -0.1) is 0 Å². The maximum absolute atomic E-state index is 11.8. The van der Waals surface area contributed by atoms with Crippen LogP contribution in [0.15, 0.2) is 0 Å². The molecule has 96 valence electrons. The molecular weight excluding hydrogens is 228 g/mol. The fourth-order valence-corrected chi connectivity index (χ4v) is 2.95. The highest BCUT2D eigenvalue weighted by Crippen LogP contribution is 2.24. The van der Waals surface area contributed by atoms with Gasteiger partial charge in [0.1, 0.15) is 0 Å². The molecule has 1 aliphatic heterocycles. The first kappa shape index (κ1) is 13.9. The second-order valence-electron chi connectivity index (χ2n) is 4.64. The Hall–Kier alpha value is -0.170. The number of sulfonamides is 1. The smallest absolute Gasteiger partial charge is 0.215 e.